The molecule has 4 nitrogen and oxygen atoms in total. The van der Waals surface area contributed by atoms with Gasteiger partial charge < -0.3 is 14.8 Å². The van der Waals surface area contributed by atoms with E-state index < -0.39 is 0 Å². The van der Waals surface area contributed by atoms with Crippen LogP contribution in [0.2, 0.25) is 0 Å². The quantitative estimate of drug-likeness (QED) is 0.743. The van der Waals surface area contributed by atoms with E-state index >= 15 is 0 Å². The number of methoxy groups -OCH3 is 1. The third-order valence-electron chi connectivity index (χ3n) is 2.48. The Morgan fingerprint density at radius 2 is 2.12 bits per heavy atom. The molecule has 4 heteroatoms. The summed E-state index contributed by atoms with van der Waals surface area (Å²) in [6.07, 6.45) is 1.82. The molecule has 0 bridgehead atoms. The van der Waals surface area contributed by atoms with Crippen molar-refractivity contribution in [1.29, 1.82) is 0 Å². The van der Waals surface area contributed by atoms with Gasteiger partial charge in [0.2, 0.25) is 0 Å². The summed E-state index contributed by atoms with van der Waals surface area (Å²) in [6, 6.07) is 0. The van der Waals surface area contributed by atoms with Gasteiger partial charge in [-0.2, -0.15) is 0 Å². The lowest BCUT2D eigenvalue weighted by Crippen LogP contribution is -2.14. The molecule has 1 aromatic rings. The van der Waals surface area contributed by atoms with E-state index in [1.807, 2.05) is 27.1 Å². The minimum atomic E-state index is 0.532. The largest absolute Gasteiger partial charge is 0.496 e. The Kier molecular flexibility index (Phi) is 5.22. The molecule has 0 aliphatic rings. The first-order valence-electron chi connectivity index (χ1n) is 5.42. The predicted molar refractivity (Wildman–Crippen MR) is 63.8 cm³/mol. The summed E-state index contributed by atoms with van der Waals surface area (Å²) in [6.45, 7) is 6.07. The van der Waals surface area contributed by atoms with Crippen LogP contribution in [0.1, 0.15) is 16.8 Å². The summed E-state index contributed by atoms with van der Waals surface area (Å²) in [4.78, 5) is 4.36. The van der Waals surface area contributed by atoms with Crippen molar-refractivity contribution in [3.63, 3.8) is 0 Å². The van der Waals surface area contributed by atoms with Crippen molar-refractivity contribution in [2.75, 3.05) is 27.3 Å². The molecule has 16 heavy (non-hydrogen) atoms. The van der Waals surface area contributed by atoms with Crippen molar-refractivity contribution in [2.24, 2.45) is 0 Å². The van der Waals surface area contributed by atoms with Crippen molar-refractivity contribution in [1.82, 2.24) is 10.3 Å². The maximum Gasteiger partial charge on any atom is 0.128 e. The van der Waals surface area contributed by atoms with Crippen molar-refractivity contribution in [2.45, 2.75) is 20.5 Å². The van der Waals surface area contributed by atoms with Crippen LogP contribution in [0.15, 0.2) is 6.20 Å². The number of likely N-dealkylation sites (N-methyl/N-ethyl adjacent to an activating group) is 1. The summed E-state index contributed by atoms with van der Waals surface area (Å²) in [5, 5.41) is 3.03. The molecule has 0 aliphatic carbocycles. The first-order chi connectivity index (χ1) is 7.70. The van der Waals surface area contributed by atoms with Crippen molar-refractivity contribution in [3.05, 3.63) is 23.0 Å². The average molecular weight is 224 g/mol. The molecule has 0 saturated heterocycles. The number of nitrogens with one attached hydrogen (secondary N) is 1. The van der Waals surface area contributed by atoms with Crippen molar-refractivity contribution >= 4 is 0 Å². The molecule has 90 valence electrons. The molecule has 0 spiro atoms. The first-order valence-corrected chi connectivity index (χ1v) is 5.42. The smallest absolute Gasteiger partial charge is 0.128 e. The summed E-state index contributed by atoms with van der Waals surface area (Å²) < 4.78 is 10.8. The fourth-order valence-corrected chi connectivity index (χ4v) is 1.56. The lowest BCUT2D eigenvalue weighted by Gasteiger charge is -2.12. The summed E-state index contributed by atoms with van der Waals surface area (Å²) in [5.41, 5.74) is 3.06. The second kappa shape index (κ2) is 6.45. The molecule has 1 aromatic heterocycles. The lowest BCUT2D eigenvalue weighted by atomic mass is 10.1. The highest BCUT2D eigenvalue weighted by Crippen LogP contribution is 2.24. The highest BCUT2D eigenvalue weighted by atomic mass is 16.5. The normalized spacial score (nSPS) is 10.5. The number of aryl methyl sites for hydroxylation is 1. The molecule has 1 heterocycles. The van der Waals surface area contributed by atoms with Crippen LogP contribution in [0.3, 0.4) is 0 Å². The van der Waals surface area contributed by atoms with E-state index in [1.165, 1.54) is 0 Å². The Bertz CT molecular complexity index is 340. The number of hydrogen-bond acceptors (Lipinski definition) is 4. The highest BCUT2D eigenvalue weighted by Gasteiger charge is 2.08. The molecule has 0 aliphatic heterocycles. The zero-order valence-corrected chi connectivity index (χ0v) is 10.5. The molecule has 0 aromatic carbocycles. The van der Waals surface area contributed by atoms with Crippen LogP contribution in [-0.4, -0.2) is 32.3 Å². The van der Waals surface area contributed by atoms with Gasteiger partial charge in [-0.05, 0) is 20.9 Å². The topological polar surface area (TPSA) is 43.4 Å². The van der Waals surface area contributed by atoms with Gasteiger partial charge in [0, 0.05) is 23.9 Å². The molecule has 1 rings (SSSR count). The minimum Gasteiger partial charge on any atom is -0.496 e. The monoisotopic (exact) mass is 224 g/mol. The zero-order valence-electron chi connectivity index (χ0n) is 10.5. The number of ether oxygens (including phenoxy) is 2. The maximum absolute atomic E-state index is 5.50. The summed E-state index contributed by atoms with van der Waals surface area (Å²) in [7, 11) is 3.59. The van der Waals surface area contributed by atoms with Crippen LogP contribution in [-0.2, 0) is 11.3 Å². The van der Waals surface area contributed by atoms with E-state index in [4.69, 9.17) is 9.47 Å². The molecule has 1 N–H and O–H groups in total. The molecule has 0 saturated carbocycles. The van der Waals surface area contributed by atoms with Gasteiger partial charge in [-0.25, -0.2) is 0 Å². The van der Waals surface area contributed by atoms with Crippen LogP contribution in [0.25, 0.3) is 0 Å². The third kappa shape index (κ3) is 3.18. The summed E-state index contributed by atoms with van der Waals surface area (Å²) >= 11 is 0. The van der Waals surface area contributed by atoms with Crippen molar-refractivity contribution in [3.8, 4) is 5.75 Å². The van der Waals surface area contributed by atoms with Gasteiger partial charge in [0.15, 0.2) is 0 Å². The van der Waals surface area contributed by atoms with Gasteiger partial charge in [0.25, 0.3) is 0 Å². The molecule has 0 unspecified atom stereocenters. The second-order valence-electron chi connectivity index (χ2n) is 3.70. The van der Waals surface area contributed by atoms with Crippen LogP contribution < -0.4 is 10.1 Å². The number of hydrogen-bond donors (Lipinski definition) is 1. The van der Waals surface area contributed by atoms with Gasteiger partial charge >= 0.3 is 0 Å². The third-order valence-corrected chi connectivity index (χ3v) is 2.48. The standard InChI is InChI=1S/C12H20N2O2/c1-9-7-14-11(8-16-6-5-13-3)10(2)12(9)15-4/h7,13H,5-6,8H2,1-4H3. The minimum absolute atomic E-state index is 0.532. The SMILES string of the molecule is CNCCOCc1ncc(C)c(OC)c1C. The summed E-state index contributed by atoms with van der Waals surface area (Å²) in [5.74, 6) is 0.905. The van der Waals surface area contributed by atoms with Crippen LogP contribution in [0, 0.1) is 13.8 Å². The number of nitrogens with zero attached hydrogens (tertiary/aromatic N) is 1. The molecule has 0 atom stereocenters. The number of pyridine rings is 1. The van der Waals surface area contributed by atoms with E-state index in [9.17, 15) is 0 Å². The second-order valence-corrected chi connectivity index (χ2v) is 3.70. The van der Waals surface area contributed by atoms with Crippen LogP contribution in [0.4, 0.5) is 0 Å². The average Bonchev–Trinajstić information content (AvgIpc) is 2.28. The molecular formula is C12H20N2O2. The van der Waals surface area contributed by atoms with Gasteiger partial charge in [-0.1, -0.05) is 0 Å². The number of aromatic nitrogens is 1. The molecule has 0 fully saturated rings. The zero-order chi connectivity index (χ0) is 12.0. The molecule has 0 amide bonds. The Hall–Kier alpha value is -1.13. The van der Waals surface area contributed by atoms with Crippen molar-refractivity contribution < 1.29 is 9.47 Å². The molecule has 0 radical (unpaired) electrons. The Balaban J connectivity index is 2.66. The number of rotatable bonds is 6. The fraction of sp³-hybridized carbons (Fsp3) is 0.583. The maximum atomic E-state index is 5.50. The van der Waals surface area contributed by atoms with Crippen LogP contribution in [0.5, 0.6) is 5.75 Å². The van der Waals surface area contributed by atoms with E-state index in [0.717, 1.165) is 29.1 Å². The van der Waals surface area contributed by atoms with Gasteiger partial charge in [0.1, 0.15) is 5.75 Å². The van der Waals surface area contributed by atoms with E-state index in [1.54, 1.807) is 7.11 Å². The Morgan fingerprint density at radius 3 is 2.75 bits per heavy atom. The Morgan fingerprint density at radius 1 is 1.38 bits per heavy atom. The van der Waals surface area contributed by atoms with E-state index in [2.05, 4.69) is 10.3 Å². The van der Waals surface area contributed by atoms with Crippen LogP contribution >= 0.6 is 0 Å². The van der Waals surface area contributed by atoms with E-state index in [-0.39, 0.29) is 0 Å². The lowest BCUT2D eigenvalue weighted by molar-refractivity contribution is 0.120. The fourth-order valence-electron chi connectivity index (χ4n) is 1.56. The first kappa shape index (κ1) is 12.9. The Labute approximate surface area is 97.0 Å². The van der Waals surface area contributed by atoms with E-state index in [0.29, 0.717) is 13.2 Å². The molecular weight excluding hydrogens is 204 g/mol. The van der Waals surface area contributed by atoms with Gasteiger partial charge in [0.05, 0.1) is 26.0 Å². The highest BCUT2D eigenvalue weighted by molar-refractivity contribution is 5.40. The predicted octanol–water partition coefficient (Wildman–Crippen LogP) is 1.44. The van der Waals surface area contributed by atoms with Gasteiger partial charge in [-0.3, -0.25) is 4.98 Å². The van der Waals surface area contributed by atoms with Gasteiger partial charge in [-0.15, -0.1) is 0 Å².